The van der Waals surface area contributed by atoms with Crippen molar-refractivity contribution < 1.29 is 9.53 Å². The maximum absolute atomic E-state index is 10.9. The highest BCUT2D eigenvalue weighted by molar-refractivity contribution is 5.71. The largest absolute Gasteiger partial charge is 0.468 e. The smallest absolute Gasteiger partial charge is 0.319 e. The molecule has 1 rings (SSSR count). The average molecular weight is 250 g/mol. The van der Waals surface area contributed by atoms with Crippen LogP contribution in [0.15, 0.2) is 24.3 Å². The van der Waals surface area contributed by atoms with Crippen LogP contribution in [0.25, 0.3) is 0 Å². The standard InChI is InChI=1S/C14H22N2O2/c1-4-16(5-2)13-8-6-12(7-9-13)10-15-11-14(17)18-3/h6-9,15H,4-5,10-11H2,1-3H3. The van der Waals surface area contributed by atoms with E-state index in [-0.39, 0.29) is 12.5 Å². The maximum atomic E-state index is 10.9. The van der Waals surface area contributed by atoms with Crippen molar-refractivity contribution in [2.75, 3.05) is 31.6 Å². The van der Waals surface area contributed by atoms with Crippen LogP contribution in [0.4, 0.5) is 5.69 Å². The summed E-state index contributed by atoms with van der Waals surface area (Å²) in [6, 6.07) is 8.39. The SMILES string of the molecule is CCN(CC)c1ccc(CNCC(=O)OC)cc1. The molecule has 0 aliphatic heterocycles. The number of benzene rings is 1. The quantitative estimate of drug-likeness (QED) is 0.749. The van der Waals surface area contributed by atoms with Crippen LogP contribution < -0.4 is 10.2 Å². The number of carbonyl (C=O) groups excluding carboxylic acids is 1. The van der Waals surface area contributed by atoms with Crippen molar-refractivity contribution in [2.45, 2.75) is 20.4 Å². The zero-order chi connectivity index (χ0) is 13.4. The molecule has 1 aromatic carbocycles. The first-order valence-electron chi connectivity index (χ1n) is 6.32. The molecule has 0 spiro atoms. The highest BCUT2D eigenvalue weighted by atomic mass is 16.5. The van der Waals surface area contributed by atoms with Gasteiger partial charge < -0.3 is 15.0 Å². The molecule has 0 amide bonds. The average Bonchev–Trinajstić information content (AvgIpc) is 2.41. The molecule has 0 fully saturated rings. The third-order valence-corrected chi connectivity index (χ3v) is 2.89. The molecule has 0 atom stereocenters. The first-order chi connectivity index (χ1) is 8.71. The number of ether oxygens (including phenoxy) is 1. The lowest BCUT2D eigenvalue weighted by atomic mass is 10.2. The van der Waals surface area contributed by atoms with Crippen molar-refractivity contribution in [3.8, 4) is 0 Å². The Morgan fingerprint density at radius 2 is 1.83 bits per heavy atom. The molecule has 0 saturated carbocycles. The molecule has 1 aromatic rings. The van der Waals surface area contributed by atoms with Crippen molar-refractivity contribution in [3.05, 3.63) is 29.8 Å². The summed E-state index contributed by atoms with van der Waals surface area (Å²) < 4.78 is 4.56. The van der Waals surface area contributed by atoms with Gasteiger partial charge in [0.15, 0.2) is 0 Å². The maximum Gasteiger partial charge on any atom is 0.319 e. The van der Waals surface area contributed by atoms with Crippen LogP contribution in [0.5, 0.6) is 0 Å². The zero-order valence-electron chi connectivity index (χ0n) is 11.4. The minimum absolute atomic E-state index is 0.241. The Morgan fingerprint density at radius 1 is 1.22 bits per heavy atom. The van der Waals surface area contributed by atoms with Gasteiger partial charge in [-0.15, -0.1) is 0 Å². The molecule has 100 valence electrons. The van der Waals surface area contributed by atoms with Crippen LogP contribution >= 0.6 is 0 Å². The topological polar surface area (TPSA) is 41.6 Å². The van der Waals surface area contributed by atoms with Crippen molar-refractivity contribution in [3.63, 3.8) is 0 Å². The molecule has 0 saturated heterocycles. The number of hydrogen-bond acceptors (Lipinski definition) is 4. The van der Waals surface area contributed by atoms with E-state index < -0.39 is 0 Å². The zero-order valence-corrected chi connectivity index (χ0v) is 11.4. The van der Waals surface area contributed by atoms with Gasteiger partial charge in [0.05, 0.1) is 13.7 Å². The minimum atomic E-state index is -0.241. The van der Waals surface area contributed by atoms with Gasteiger partial charge in [0.1, 0.15) is 0 Å². The normalized spacial score (nSPS) is 10.2. The van der Waals surface area contributed by atoms with Gasteiger partial charge in [-0.1, -0.05) is 12.1 Å². The molecule has 0 aliphatic carbocycles. The Morgan fingerprint density at radius 3 is 2.33 bits per heavy atom. The van der Waals surface area contributed by atoms with Crippen LogP contribution in [0, 0.1) is 0 Å². The molecule has 0 radical (unpaired) electrons. The van der Waals surface area contributed by atoms with E-state index in [1.54, 1.807) is 0 Å². The van der Waals surface area contributed by atoms with Gasteiger partial charge in [0.25, 0.3) is 0 Å². The van der Waals surface area contributed by atoms with Crippen molar-refractivity contribution >= 4 is 11.7 Å². The lowest BCUT2D eigenvalue weighted by molar-refractivity contribution is -0.139. The molecule has 0 aliphatic rings. The van der Waals surface area contributed by atoms with Crippen LogP contribution in [0.2, 0.25) is 0 Å². The van der Waals surface area contributed by atoms with Gasteiger partial charge in [0, 0.05) is 25.3 Å². The van der Waals surface area contributed by atoms with E-state index >= 15 is 0 Å². The summed E-state index contributed by atoms with van der Waals surface area (Å²) in [5.74, 6) is -0.241. The van der Waals surface area contributed by atoms with Gasteiger partial charge in [-0.2, -0.15) is 0 Å². The van der Waals surface area contributed by atoms with Crippen molar-refractivity contribution in [1.82, 2.24) is 5.32 Å². The Hall–Kier alpha value is -1.55. The number of rotatable bonds is 7. The Kier molecular flexibility index (Phi) is 6.22. The fourth-order valence-electron chi connectivity index (χ4n) is 1.79. The van der Waals surface area contributed by atoms with Gasteiger partial charge >= 0.3 is 5.97 Å². The molecular weight excluding hydrogens is 228 g/mol. The number of carbonyl (C=O) groups is 1. The first kappa shape index (κ1) is 14.5. The summed E-state index contributed by atoms with van der Waals surface area (Å²) in [7, 11) is 1.39. The van der Waals surface area contributed by atoms with E-state index in [0.717, 1.165) is 18.7 Å². The predicted octanol–water partition coefficient (Wildman–Crippen LogP) is 1.80. The van der Waals surface area contributed by atoms with Crippen LogP contribution in [-0.4, -0.2) is 32.7 Å². The van der Waals surface area contributed by atoms with Gasteiger partial charge in [-0.05, 0) is 31.5 Å². The van der Waals surface area contributed by atoms with Gasteiger partial charge in [0.2, 0.25) is 0 Å². The number of hydrogen-bond donors (Lipinski definition) is 1. The summed E-state index contributed by atoms with van der Waals surface area (Å²) in [6.45, 7) is 7.24. The third kappa shape index (κ3) is 4.37. The summed E-state index contributed by atoms with van der Waals surface area (Å²) in [5.41, 5.74) is 2.39. The number of nitrogens with one attached hydrogen (secondary N) is 1. The molecular formula is C14H22N2O2. The van der Waals surface area contributed by atoms with Crippen LogP contribution in [0.1, 0.15) is 19.4 Å². The van der Waals surface area contributed by atoms with Crippen molar-refractivity contribution in [2.24, 2.45) is 0 Å². The molecule has 4 heteroatoms. The number of esters is 1. The highest BCUT2D eigenvalue weighted by Gasteiger charge is 2.02. The molecule has 4 nitrogen and oxygen atoms in total. The summed E-state index contributed by atoms with van der Waals surface area (Å²) in [6.07, 6.45) is 0. The number of anilines is 1. The van der Waals surface area contributed by atoms with E-state index in [9.17, 15) is 4.79 Å². The van der Waals surface area contributed by atoms with E-state index in [1.807, 2.05) is 0 Å². The summed E-state index contributed by atoms with van der Waals surface area (Å²) >= 11 is 0. The van der Waals surface area contributed by atoms with Gasteiger partial charge in [-0.25, -0.2) is 0 Å². The second-order valence-electron chi connectivity index (χ2n) is 4.02. The Labute approximate surface area is 109 Å². The van der Waals surface area contributed by atoms with E-state index in [1.165, 1.54) is 12.8 Å². The number of methoxy groups -OCH3 is 1. The second-order valence-corrected chi connectivity index (χ2v) is 4.02. The molecule has 18 heavy (non-hydrogen) atoms. The van der Waals surface area contributed by atoms with Crippen molar-refractivity contribution in [1.29, 1.82) is 0 Å². The molecule has 1 N–H and O–H groups in total. The Bertz CT molecular complexity index is 359. The summed E-state index contributed by atoms with van der Waals surface area (Å²) in [5, 5.41) is 3.04. The Balaban J connectivity index is 2.47. The molecule has 0 heterocycles. The predicted molar refractivity (Wildman–Crippen MR) is 73.7 cm³/mol. The van der Waals surface area contributed by atoms with Crippen LogP contribution in [0.3, 0.4) is 0 Å². The summed E-state index contributed by atoms with van der Waals surface area (Å²) in [4.78, 5) is 13.2. The lowest BCUT2D eigenvalue weighted by Crippen LogP contribution is -2.23. The monoisotopic (exact) mass is 250 g/mol. The number of nitrogens with zero attached hydrogens (tertiary/aromatic N) is 1. The van der Waals surface area contributed by atoms with Crippen LogP contribution in [-0.2, 0) is 16.1 Å². The van der Waals surface area contributed by atoms with E-state index in [4.69, 9.17) is 0 Å². The fourth-order valence-corrected chi connectivity index (χ4v) is 1.79. The van der Waals surface area contributed by atoms with E-state index in [2.05, 4.69) is 53.1 Å². The minimum Gasteiger partial charge on any atom is -0.468 e. The van der Waals surface area contributed by atoms with Gasteiger partial charge in [-0.3, -0.25) is 4.79 Å². The third-order valence-electron chi connectivity index (χ3n) is 2.89. The van der Waals surface area contributed by atoms with E-state index in [0.29, 0.717) is 6.54 Å². The molecule has 0 bridgehead atoms. The lowest BCUT2D eigenvalue weighted by Gasteiger charge is -2.21. The molecule has 0 aromatic heterocycles. The molecule has 0 unspecified atom stereocenters. The fraction of sp³-hybridized carbons (Fsp3) is 0.500. The first-order valence-corrected chi connectivity index (χ1v) is 6.32. The second kappa shape index (κ2) is 7.71. The highest BCUT2D eigenvalue weighted by Crippen LogP contribution is 2.14.